The summed E-state index contributed by atoms with van der Waals surface area (Å²) in [4.78, 5) is 11.8. The van der Waals surface area contributed by atoms with E-state index in [4.69, 9.17) is 0 Å². The minimum absolute atomic E-state index is 0.120. The van der Waals surface area contributed by atoms with Crippen LogP contribution in [0.25, 0.3) is 10.9 Å². The molecule has 1 aromatic carbocycles. The van der Waals surface area contributed by atoms with E-state index in [1.165, 1.54) is 10.9 Å². The third kappa shape index (κ3) is 1.37. The third-order valence-corrected chi connectivity index (χ3v) is 3.73. The molecule has 0 bridgehead atoms. The van der Waals surface area contributed by atoms with Crippen LogP contribution in [0.1, 0.15) is 19.9 Å². The second-order valence-electron chi connectivity index (χ2n) is 5.17. The van der Waals surface area contributed by atoms with Crippen molar-refractivity contribution in [2.75, 3.05) is 0 Å². The molecule has 1 aromatic heterocycles. The third-order valence-electron chi connectivity index (χ3n) is 3.73. The Morgan fingerprint density at radius 1 is 1.18 bits per heavy atom. The molecule has 2 heteroatoms. The van der Waals surface area contributed by atoms with E-state index in [0.29, 0.717) is 0 Å². The van der Waals surface area contributed by atoms with Gasteiger partial charge in [-0.25, -0.2) is 0 Å². The maximum absolute atomic E-state index is 11.8. The molecule has 17 heavy (non-hydrogen) atoms. The number of aromatic nitrogens is 1. The van der Waals surface area contributed by atoms with Crippen LogP contribution in [0.4, 0.5) is 0 Å². The molecule has 0 fully saturated rings. The summed E-state index contributed by atoms with van der Waals surface area (Å²) in [6.45, 7) is 4.02. The summed E-state index contributed by atoms with van der Waals surface area (Å²) in [7, 11) is 0. The van der Waals surface area contributed by atoms with Crippen molar-refractivity contribution >= 4 is 16.7 Å². The van der Waals surface area contributed by atoms with Gasteiger partial charge in [0.15, 0.2) is 5.78 Å². The molecular formula is C15H15NO. The van der Waals surface area contributed by atoms with Crippen molar-refractivity contribution in [3.63, 3.8) is 0 Å². The van der Waals surface area contributed by atoms with Crippen LogP contribution in [0.2, 0.25) is 0 Å². The van der Waals surface area contributed by atoms with Crippen LogP contribution in [-0.2, 0) is 4.79 Å². The fraction of sp³-hybridized carbons (Fsp3) is 0.267. The van der Waals surface area contributed by atoms with E-state index in [1.54, 1.807) is 6.08 Å². The molecule has 1 heterocycles. The number of allylic oxidation sites excluding steroid dienone is 2. The fourth-order valence-corrected chi connectivity index (χ4v) is 2.57. The first-order chi connectivity index (χ1) is 8.10. The van der Waals surface area contributed by atoms with E-state index >= 15 is 0 Å². The maximum Gasteiger partial charge on any atom is 0.163 e. The Hall–Kier alpha value is -1.83. The summed E-state index contributed by atoms with van der Waals surface area (Å²) >= 11 is 0. The van der Waals surface area contributed by atoms with Gasteiger partial charge in [-0.15, -0.1) is 0 Å². The zero-order chi connectivity index (χ0) is 12.0. The molecule has 0 N–H and O–H groups in total. The maximum atomic E-state index is 11.8. The van der Waals surface area contributed by atoms with Gasteiger partial charge in [0.1, 0.15) is 0 Å². The topological polar surface area (TPSA) is 22.0 Å². The molecule has 1 aliphatic rings. The molecule has 0 saturated carbocycles. The molecule has 86 valence electrons. The molecular weight excluding hydrogens is 210 g/mol. The van der Waals surface area contributed by atoms with Crippen LogP contribution in [0.3, 0.4) is 0 Å². The minimum Gasteiger partial charge on any atom is -0.340 e. The van der Waals surface area contributed by atoms with Crippen molar-refractivity contribution in [2.24, 2.45) is 5.41 Å². The van der Waals surface area contributed by atoms with Crippen LogP contribution in [0.15, 0.2) is 48.7 Å². The summed E-state index contributed by atoms with van der Waals surface area (Å²) in [5, 5.41) is 1.22. The fourth-order valence-electron chi connectivity index (χ4n) is 2.57. The molecule has 0 saturated heterocycles. The first-order valence-electron chi connectivity index (χ1n) is 5.89. The monoisotopic (exact) mass is 225 g/mol. The number of carbonyl (C=O) groups excluding carboxylic acids is 1. The predicted molar refractivity (Wildman–Crippen MR) is 68.9 cm³/mol. The van der Waals surface area contributed by atoms with Crippen molar-refractivity contribution < 1.29 is 4.79 Å². The number of hydrogen-bond donors (Lipinski definition) is 0. The second kappa shape index (κ2) is 3.33. The Kier molecular flexibility index (Phi) is 2.02. The molecule has 0 spiro atoms. The summed E-state index contributed by atoms with van der Waals surface area (Å²) in [5.41, 5.74) is 0.840. The minimum atomic E-state index is -0.345. The Bertz CT molecular complexity index is 619. The van der Waals surface area contributed by atoms with E-state index in [0.717, 1.165) is 0 Å². The summed E-state index contributed by atoms with van der Waals surface area (Å²) < 4.78 is 2.19. The highest BCUT2D eigenvalue weighted by Crippen LogP contribution is 2.40. The van der Waals surface area contributed by atoms with Crippen LogP contribution in [0.5, 0.6) is 0 Å². The highest BCUT2D eigenvalue weighted by molar-refractivity contribution is 5.97. The molecule has 0 aliphatic heterocycles. The van der Waals surface area contributed by atoms with Crippen molar-refractivity contribution in [1.82, 2.24) is 4.57 Å². The Labute approximate surface area is 101 Å². The van der Waals surface area contributed by atoms with Gasteiger partial charge in [-0.3, -0.25) is 4.79 Å². The van der Waals surface area contributed by atoms with Gasteiger partial charge in [-0.2, -0.15) is 0 Å². The molecule has 0 amide bonds. The molecule has 0 unspecified atom stereocenters. The largest absolute Gasteiger partial charge is 0.340 e. The smallest absolute Gasteiger partial charge is 0.163 e. The average molecular weight is 225 g/mol. The molecule has 1 aliphatic carbocycles. The van der Waals surface area contributed by atoms with Gasteiger partial charge < -0.3 is 4.57 Å². The average Bonchev–Trinajstić information content (AvgIpc) is 2.82. The number of ketones is 1. The van der Waals surface area contributed by atoms with Crippen molar-refractivity contribution in [3.8, 4) is 0 Å². The number of hydrogen-bond acceptors (Lipinski definition) is 1. The number of rotatable bonds is 1. The lowest BCUT2D eigenvalue weighted by molar-refractivity contribution is -0.122. The van der Waals surface area contributed by atoms with E-state index in [9.17, 15) is 4.79 Å². The second-order valence-corrected chi connectivity index (χ2v) is 5.17. The predicted octanol–water partition coefficient (Wildman–Crippen LogP) is 3.35. The zero-order valence-corrected chi connectivity index (χ0v) is 10.1. The SMILES string of the molecule is CC1(C)C(=O)C=C[C@@H]1n1ccc2ccccc21. The summed E-state index contributed by atoms with van der Waals surface area (Å²) in [6, 6.07) is 10.5. The highest BCUT2D eigenvalue weighted by Gasteiger charge is 2.39. The lowest BCUT2D eigenvalue weighted by Gasteiger charge is -2.27. The van der Waals surface area contributed by atoms with Gasteiger partial charge in [0, 0.05) is 11.7 Å². The van der Waals surface area contributed by atoms with Crippen LogP contribution in [0, 0.1) is 5.41 Å². The summed E-state index contributed by atoms with van der Waals surface area (Å²) in [5.74, 6) is 0.209. The zero-order valence-electron chi connectivity index (χ0n) is 10.1. The van der Waals surface area contributed by atoms with Crippen LogP contribution < -0.4 is 0 Å². The van der Waals surface area contributed by atoms with Crippen molar-refractivity contribution in [1.29, 1.82) is 0 Å². The highest BCUT2D eigenvalue weighted by atomic mass is 16.1. The number of nitrogens with zero attached hydrogens (tertiary/aromatic N) is 1. The van der Waals surface area contributed by atoms with E-state index in [1.807, 2.05) is 32.1 Å². The first-order valence-corrected chi connectivity index (χ1v) is 5.89. The Morgan fingerprint density at radius 3 is 2.65 bits per heavy atom. The van der Waals surface area contributed by atoms with Gasteiger partial charge in [-0.1, -0.05) is 38.1 Å². The normalized spacial score (nSPS) is 22.5. The van der Waals surface area contributed by atoms with Crippen molar-refractivity contribution in [2.45, 2.75) is 19.9 Å². The molecule has 2 aromatic rings. The van der Waals surface area contributed by atoms with E-state index in [2.05, 4.69) is 29.0 Å². The van der Waals surface area contributed by atoms with Gasteiger partial charge in [0.05, 0.1) is 11.5 Å². The number of carbonyl (C=O) groups is 1. The van der Waals surface area contributed by atoms with E-state index in [-0.39, 0.29) is 17.2 Å². The van der Waals surface area contributed by atoms with Crippen molar-refractivity contribution in [3.05, 3.63) is 48.7 Å². The molecule has 2 nitrogen and oxygen atoms in total. The standard InChI is InChI=1S/C15H15NO/c1-15(2)13(7-8-14(15)17)16-10-9-11-5-3-4-6-12(11)16/h3-10,13H,1-2H3/t13-/m0/s1. The molecule has 3 rings (SSSR count). The Morgan fingerprint density at radius 2 is 1.94 bits per heavy atom. The lowest BCUT2D eigenvalue weighted by Crippen LogP contribution is -2.27. The first kappa shape index (κ1) is 10.3. The van der Waals surface area contributed by atoms with Gasteiger partial charge >= 0.3 is 0 Å². The summed E-state index contributed by atoms with van der Waals surface area (Å²) in [6.07, 6.45) is 5.79. The number of fused-ring (bicyclic) bond motifs is 1. The Balaban J connectivity index is 2.17. The number of benzene rings is 1. The van der Waals surface area contributed by atoms with Gasteiger partial charge in [0.2, 0.25) is 0 Å². The van der Waals surface area contributed by atoms with Crippen LogP contribution >= 0.6 is 0 Å². The number of para-hydroxylation sites is 1. The lowest BCUT2D eigenvalue weighted by atomic mass is 9.85. The van der Waals surface area contributed by atoms with Gasteiger partial charge in [-0.05, 0) is 23.6 Å². The molecule has 0 radical (unpaired) electrons. The van der Waals surface area contributed by atoms with E-state index < -0.39 is 0 Å². The quantitative estimate of drug-likeness (QED) is 0.729. The molecule has 1 atom stereocenters. The van der Waals surface area contributed by atoms with Crippen LogP contribution in [-0.4, -0.2) is 10.4 Å². The van der Waals surface area contributed by atoms with Gasteiger partial charge in [0.25, 0.3) is 0 Å².